The zero-order chi connectivity index (χ0) is 19.3. The number of halogens is 2. The zero-order valence-corrected chi connectivity index (χ0v) is 14.9. The molecule has 1 amide bonds. The van der Waals surface area contributed by atoms with Gasteiger partial charge in [-0.15, -0.1) is 0 Å². The van der Waals surface area contributed by atoms with Crippen LogP contribution < -0.4 is 14.8 Å². The summed E-state index contributed by atoms with van der Waals surface area (Å²) in [4.78, 5) is 12.5. The Hall–Kier alpha value is -2.52. The summed E-state index contributed by atoms with van der Waals surface area (Å²) < 4.78 is 55.9. The Morgan fingerprint density at radius 1 is 1.19 bits per heavy atom. The van der Waals surface area contributed by atoms with Gasteiger partial charge in [0.15, 0.2) is 0 Å². The molecule has 2 aromatic rings. The SMILES string of the molecule is CCNS(=O)(=O)c1ccc(C)c(C(=O)Nc2ccccc2OC(F)F)c1. The number of ether oxygens (including phenoxy) is 1. The van der Waals surface area contributed by atoms with E-state index in [4.69, 9.17) is 0 Å². The first-order chi connectivity index (χ1) is 12.2. The van der Waals surface area contributed by atoms with Crippen molar-refractivity contribution in [3.05, 3.63) is 53.6 Å². The minimum Gasteiger partial charge on any atom is -0.433 e. The molecule has 140 valence electrons. The van der Waals surface area contributed by atoms with Gasteiger partial charge in [-0.2, -0.15) is 8.78 Å². The van der Waals surface area contributed by atoms with Crippen molar-refractivity contribution >= 4 is 21.6 Å². The molecule has 2 N–H and O–H groups in total. The quantitative estimate of drug-likeness (QED) is 0.768. The predicted molar refractivity (Wildman–Crippen MR) is 93.1 cm³/mol. The van der Waals surface area contributed by atoms with Crippen LogP contribution in [0.4, 0.5) is 14.5 Å². The van der Waals surface area contributed by atoms with Crippen molar-refractivity contribution in [2.75, 3.05) is 11.9 Å². The van der Waals surface area contributed by atoms with Gasteiger partial charge in [0.25, 0.3) is 5.91 Å². The monoisotopic (exact) mass is 384 g/mol. The van der Waals surface area contributed by atoms with Gasteiger partial charge in [0.2, 0.25) is 10.0 Å². The van der Waals surface area contributed by atoms with Crippen molar-refractivity contribution in [1.29, 1.82) is 0 Å². The molecule has 0 aliphatic heterocycles. The first-order valence-electron chi connectivity index (χ1n) is 7.70. The highest BCUT2D eigenvalue weighted by atomic mass is 32.2. The molecule has 0 unspecified atom stereocenters. The number of nitrogens with one attached hydrogen (secondary N) is 2. The van der Waals surface area contributed by atoms with Gasteiger partial charge in [0, 0.05) is 12.1 Å². The van der Waals surface area contributed by atoms with Crippen LogP contribution in [0, 0.1) is 6.92 Å². The molecule has 0 atom stereocenters. The van der Waals surface area contributed by atoms with Crippen molar-refractivity contribution in [3.8, 4) is 5.75 Å². The van der Waals surface area contributed by atoms with E-state index in [2.05, 4.69) is 14.8 Å². The van der Waals surface area contributed by atoms with Crippen LogP contribution in [0.25, 0.3) is 0 Å². The number of hydrogen-bond donors (Lipinski definition) is 2. The van der Waals surface area contributed by atoms with Crippen LogP contribution in [0.5, 0.6) is 5.75 Å². The van der Waals surface area contributed by atoms with E-state index < -0.39 is 22.5 Å². The van der Waals surface area contributed by atoms with Gasteiger partial charge < -0.3 is 10.1 Å². The van der Waals surface area contributed by atoms with Gasteiger partial charge >= 0.3 is 6.61 Å². The van der Waals surface area contributed by atoms with Crippen LogP contribution in [0.15, 0.2) is 47.4 Å². The van der Waals surface area contributed by atoms with E-state index in [1.807, 2.05) is 0 Å². The number of rotatable bonds is 7. The third-order valence-electron chi connectivity index (χ3n) is 3.45. The lowest BCUT2D eigenvalue weighted by atomic mass is 10.1. The van der Waals surface area contributed by atoms with E-state index in [0.29, 0.717) is 5.56 Å². The van der Waals surface area contributed by atoms with E-state index in [0.717, 1.165) is 0 Å². The summed E-state index contributed by atoms with van der Waals surface area (Å²) in [6, 6.07) is 9.86. The lowest BCUT2D eigenvalue weighted by molar-refractivity contribution is -0.0493. The minimum absolute atomic E-state index is 0.0529. The zero-order valence-electron chi connectivity index (χ0n) is 14.1. The number of sulfonamides is 1. The largest absolute Gasteiger partial charge is 0.433 e. The van der Waals surface area contributed by atoms with Gasteiger partial charge in [-0.1, -0.05) is 25.1 Å². The fraction of sp³-hybridized carbons (Fsp3) is 0.235. The molecular formula is C17H18F2N2O4S. The van der Waals surface area contributed by atoms with Crippen LogP contribution in [0.3, 0.4) is 0 Å². The molecule has 0 fully saturated rings. The van der Waals surface area contributed by atoms with Crippen LogP contribution in [0.1, 0.15) is 22.8 Å². The highest BCUT2D eigenvalue weighted by Gasteiger charge is 2.18. The number of aryl methyl sites for hydroxylation is 1. The van der Waals surface area contributed by atoms with Crippen LogP contribution >= 0.6 is 0 Å². The third-order valence-corrected chi connectivity index (χ3v) is 4.99. The Bertz CT molecular complexity index is 901. The molecule has 2 aromatic carbocycles. The Balaban J connectivity index is 2.34. The van der Waals surface area contributed by atoms with E-state index >= 15 is 0 Å². The molecule has 0 aliphatic rings. The van der Waals surface area contributed by atoms with E-state index in [1.54, 1.807) is 19.9 Å². The van der Waals surface area contributed by atoms with Gasteiger partial charge in [0.05, 0.1) is 10.6 Å². The molecule has 0 radical (unpaired) electrons. The maximum Gasteiger partial charge on any atom is 0.387 e. The molecule has 0 aliphatic carbocycles. The van der Waals surface area contributed by atoms with E-state index in [-0.39, 0.29) is 28.4 Å². The van der Waals surface area contributed by atoms with Gasteiger partial charge in [-0.05, 0) is 36.8 Å². The smallest absolute Gasteiger partial charge is 0.387 e. The molecule has 26 heavy (non-hydrogen) atoms. The number of alkyl halides is 2. The average Bonchev–Trinajstić information content (AvgIpc) is 2.56. The fourth-order valence-corrected chi connectivity index (χ4v) is 3.31. The number of carbonyl (C=O) groups excluding carboxylic acids is 1. The molecule has 0 aromatic heterocycles. The maximum atomic E-state index is 12.5. The summed E-state index contributed by atoms with van der Waals surface area (Å²) in [5.74, 6) is -0.828. The summed E-state index contributed by atoms with van der Waals surface area (Å²) in [7, 11) is -3.73. The highest BCUT2D eigenvalue weighted by Crippen LogP contribution is 2.26. The maximum absolute atomic E-state index is 12.5. The van der Waals surface area contributed by atoms with Crippen LogP contribution in [-0.4, -0.2) is 27.5 Å². The first kappa shape index (κ1) is 19.8. The summed E-state index contributed by atoms with van der Waals surface area (Å²) in [6.45, 7) is 0.443. The van der Waals surface area contributed by atoms with Crippen molar-refractivity contribution < 1.29 is 26.7 Å². The average molecular weight is 384 g/mol. The number of para-hydroxylation sites is 2. The lowest BCUT2D eigenvalue weighted by Gasteiger charge is -2.13. The lowest BCUT2D eigenvalue weighted by Crippen LogP contribution is -2.24. The van der Waals surface area contributed by atoms with Crippen LogP contribution in [0.2, 0.25) is 0 Å². The topological polar surface area (TPSA) is 84.5 Å². The van der Waals surface area contributed by atoms with Crippen molar-refractivity contribution in [1.82, 2.24) is 4.72 Å². The second-order valence-electron chi connectivity index (χ2n) is 5.31. The summed E-state index contributed by atoms with van der Waals surface area (Å²) >= 11 is 0. The Morgan fingerprint density at radius 3 is 2.54 bits per heavy atom. The summed E-state index contributed by atoms with van der Waals surface area (Å²) in [6.07, 6.45) is 0. The Labute approximate surface area is 150 Å². The molecule has 0 saturated carbocycles. The molecule has 0 heterocycles. The van der Waals surface area contributed by atoms with E-state index in [9.17, 15) is 22.0 Å². The second kappa shape index (κ2) is 8.24. The molecule has 9 heteroatoms. The Morgan fingerprint density at radius 2 is 1.88 bits per heavy atom. The number of benzene rings is 2. The molecule has 0 spiro atoms. The van der Waals surface area contributed by atoms with Gasteiger partial charge in [0.1, 0.15) is 5.75 Å². The minimum atomic E-state index is -3.73. The molecule has 2 rings (SSSR count). The van der Waals surface area contributed by atoms with Gasteiger partial charge in [-0.25, -0.2) is 13.1 Å². The van der Waals surface area contributed by atoms with Crippen molar-refractivity contribution in [3.63, 3.8) is 0 Å². The highest BCUT2D eigenvalue weighted by molar-refractivity contribution is 7.89. The molecule has 0 saturated heterocycles. The van der Waals surface area contributed by atoms with E-state index in [1.165, 1.54) is 36.4 Å². The molecule has 0 bridgehead atoms. The number of amides is 1. The van der Waals surface area contributed by atoms with Crippen molar-refractivity contribution in [2.24, 2.45) is 0 Å². The normalized spacial score (nSPS) is 11.4. The first-order valence-corrected chi connectivity index (χ1v) is 9.18. The number of hydrogen-bond acceptors (Lipinski definition) is 4. The number of anilines is 1. The number of carbonyl (C=O) groups is 1. The molecular weight excluding hydrogens is 366 g/mol. The van der Waals surface area contributed by atoms with Crippen molar-refractivity contribution in [2.45, 2.75) is 25.4 Å². The van der Waals surface area contributed by atoms with Gasteiger partial charge in [-0.3, -0.25) is 4.79 Å². The molecule has 6 nitrogen and oxygen atoms in total. The third kappa shape index (κ3) is 4.77. The second-order valence-corrected chi connectivity index (χ2v) is 7.07. The Kier molecular flexibility index (Phi) is 6.27. The summed E-state index contributed by atoms with van der Waals surface area (Å²) in [5, 5.41) is 2.47. The fourth-order valence-electron chi connectivity index (χ4n) is 2.24. The summed E-state index contributed by atoms with van der Waals surface area (Å²) in [5.41, 5.74) is 0.693. The standard InChI is InChI=1S/C17H18F2N2O4S/c1-3-20-26(23,24)12-9-8-11(2)13(10-12)16(22)21-14-6-4-5-7-15(14)25-17(18)19/h4-10,17,20H,3H2,1-2H3,(H,21,22). The predicted octanol–water partition coefficient (Wildman–Crippen LogP) is 3.15. The van der Waals surface area contributed by atoms with Crippen LogP contribution in [-0.2, 0) is 10.0 Å².